The molecule has 0 aliphatic heterocycles. The van der Waals surface area contributed by atoms with E-state index in [4.69, 9.17) is 14.0 Å². The van der Waals surface area contributed by atoms with Crippen molar-refractivity contribution in [3.05, 3.63) is 71.7 Å². The normalized spacial score (nSPS) is 10.5. The minimum atomic E-state index is -0.465. The minimum absolute atomic E-state index is 0.00274. The summed E-state index contributed by atoms with van der Waals surface area (Å²) >= 11 is 0. The first-order chi connectivity index (χ1) is 12.1. The molecule has 2 aromatic carbocycles. The lowest BCUT2D eigenvalue weighted by Crippen LogP contribution is -2.07. The number of carbonyl (C=O) groups is 1. The van der Waals surface area contributed by atoms with Crippen LogP contribution in [0.25, 0.3) is 11.3 Å². The molecule has 1 aromatic heterocycles. The van der Waals surface area contributed by atoms with E-state index in [-0.39, 0.29) is 18.8 Å². The largest absolute Gasteiger partial charge is 0.497 e. The van der Waals surface area contributed by atoms with Crippen molar-refractivity contribution in [1.82, 2.24) is 5.16 Å². The number of aromatic nitrogens is 1. The van der Waals surface area contributed by atoms with Crippen LogP contribution in [0.3, 0.4) is 0 Å². The van der Waals surface area contributed by atoms with Crippen LogP contribution in [0, 0.1) is 5.82 Å². The van der Waals surface area contributed by atoms with Crippen molar-refractivity contribution in [2.45, 2.75) is 13.0 Å². The Labute approximate surface area is 144 Å². The van der Waals surface area contributed by atoms with Gasteiger partial charge in [-0.15, -0.1) is 0 Å². The average Bonchev–Trinajstić information content (AvgIpc) is 3.09. The number of ether oxygens (including phenoxy) is 2. The fourth-order valence-electron chi connectivity index (χ4n) is 2.30. The van der Waals surface area contributed by atoms with Gasteiger partial charge < -0.3 is 14.0 Å². The van der Waals surface area contributed by atoms with Crippen molar-refractivity contribution in [3.8, 4) is 17.0 Å². The zero-order chi connectivity index (χ0) is 17.6. The molecule has 0 saturated carbocycles. The molecular weight excluding hydrogens is 325 g/mol. The molecule has 0 radical (unpaired) electrons. The van der Waals surface area contributed by atoms with Gasteiger partial charge in [-0.05, 0) is 42.0 Å². The molecule has 1 heterocycles. The second kappa shape index (κ2) is 7.61. The first-order valence-corrected chi connectivity index (χ1v) is 7.64. The van der Waals surface area contributed by atoms with Gasteiger partial charge in [-0.25, -0.2) is 4.39 Å². The lowest BCUT2D eigenvalue weighted by Gasteiger charge is -2.02. The van der Waals surface area contributed by atoms with E-state index in [1.807, 2.05) is 24.3 Å². The highest BCUT2D eigenvalue weighted by Gasteiger charge is 2.10. The van der Waals surface area contributed by atoms with E-state index in [2.05, 4.69) is 5.16 Å². The zero-order valence-corrected chi connectivity index (χ0v) is 13.6. The van der Waals surface area contributed by atoms with E-state index in [1.165, 1.54) is 12.1 Å². The molecule has 6 heteroatoms. The quantitative estimate of drug-likeness (QED) is 0.639. The van der Waals surface area contributed by atoms with Crippen LogP contribution in [0.2, 0.25) is 0 Å². The van der Waals surface area contributed by atoms with E-state index in [9.17, 15) is 9.18 Å². The van der Waals surface area contributed by atoms with Crippen molar-refractivity contribution in [2.75, 3.05) is 7.11 Å². The van der Waals surface area contributed by atoms with Gasteiger partial charge in [-0.2, -0.15) is 0 Å². The lowest BCUT2D eigenvalue weighted by atomic mass is 10.1. The summed E-state index contributed by atoms with van der Waals surface area (Å²) in [7, 11) is 1.60. The monoisotopic (exact) mass is 341 g/mol. The van der Waals surface area contributed by atoms with Gasteiger partial charge >= 0.3 is 5.97 Å². The maximum absolute atomic E-state index is 13.1. The standard InChI is InChI=1S/C19H16FNO4/c1-23-16-7-5-14(6-8-16)18-11-17(25-21-18)12-24-19(22)10-13-3-2-4-15(20)9-13/h2-9,11H,10,12H2,1H3. The van der Waals surface area contributed by atoms with Gasteiger partial charge in [0.05, 0.1) is 13.5 Å². The van der Waals surface area contributed by atoms with Gasteiger partial charge in [0.1, 0.15) is 17.3 Å². The number of carbonyl (C=O) groups excluding carboxylic acids is 1. The highest BCUT2D eigenvalue weighted by Crippen LogP contribution is 2.22. The maximum Gasteiger partial charge on any atom is 0.310 e. The third-order valence-electron chi connectivity index (χ3n) is 3.56. The highest BCUT2D eigenvalue weighted by atomic mass is 19.1. The van der Waals surface area contributed by atoms with Crippen molar-refractivity contribution < 1.29 is 23.2 Å². The molecule has 0 fully saturated rings. The van der Waals surface area contributed by atoms with Crippen LogP contribution in [0.5, 0.6) is 5.75 Å². The summed E-state index contributed by atoms with van der Waals surface area (Å²) in [5, 5.41) is 3.96. The number of halogens is 1. The van der Waals surface area contributed by atoms with Crippen LogP contribution < -0.4 is 4.74 Å². The van der Waals surface area contributed by atoms with Crippen LogP contribution in [-0.4, -0.2) is 18.2 Å². The molecule has 0 amide bonds. The van der Waals surface area contributed by atoms with E-state index >= 15 is 0 Å². The number of esters is 1. The maximum atomic E-state index is 13.1. The molecule has 0 atom stereocenters. The molecule has 0 spiro atoms. The SMILES string of the molecule is COc1ccc(-c2cc(COC(=O)Cc3cccc(F)c3)on2)cc1. The van der Waals surface area contributed by atoms with Gasteiger partial charge in [0.25, 0.3) is 0 Å². The molecule has 128 valence electrons. The molecule has 3 aromatic rings. The number of nitrogens with zero attached hydrogens (tertiary/aromatic N) is 1. The zero-order valence-electron chi connectivity index (χ0n) is 13.6. The Hall–Kier alpha value is -3.15. The number of benzene rings is 2. The number of rotatable bonds is 6. The van der Waals surface area contributed by atoms with Crippen LogP contribution in [0.1, 0.15) is 11.3 Å². The van der Waals surface area contributed by atoms with Crippen LogP contribution >= 0.6 is 0 Å². The van der Waals surface area contributed by atoms with Gasteiger partial charge in [0, 0.05) is 11.6 Å². The Morgan fingerprint density at radius 2 is 1.96 bits per heavy atom. The fourth-order valence-corrected chi connectivity index (χ4v) is 2.30. The topological polar surface area (TPSA) is 61.6 Å². The molecular formula is C19H16FNO4. The predicted octanol–water partition coefficient (Wildman–Crippen LogP) is 3.78. The smallest absolute Gasteiger partial charge is 0.310 e. The van der Waals surface area contributed by atoms with Crippen LogP contribution in [0.4, 0.5) is 4.39 Å². The summed E-state index contributed by atoms with van der Waals surface area (Å²) in [6.45, 7) is -0.0305. The number of hydrogen-bond donors (Lipinski definition) is 0. The van der Waals surface area contributed by atoms with Gasteiger partial charge in [-0.3, -0.25) is 4.79 Å². The predicted molar refractivity (Wildman–Crippen MR) is 88.4 cm³/mol. The van der Waals surface area contributed by atoms with Crippen molar-refractivity contribution in [1.29, 1.82) is 0 Å². The average molecular weight is 341 g/mol. The van der Waals surface area contributed by atoms with Crippen LogP contribution in [0.15, 0.2) is 59.1 Å². The van der Waals surface area contributed by atoms with E-state index in [1.54, 1.807) is 25.3 Å². The summed E-state index contributed by atoms with van der Waals surface area (Å²) in [6, 6.07) is 14.9. The summed E-state index contributed by atoms with van der Waals surface area (Å²) in [5.41, 5.74) is 2.06. The second-order valence-corrected chi connectivity index (χ2v) is 5.37. The highest BCUT2D eigenvalue weighted by molar-refractivity contribution is 5.72. The second-order valence-electron chi connectivity index (χ2n) is 5.37. The minimum Gasteiger partial charge on any atom is -0.497 e. The van der Waals surface area contributed by atoms with E-state index < -0.39 is 5.97 Å². The molecule has 25 heavy (non-hydrogen) atoms. The number of methoxy groups -OCH3 is 1. The fraction of sp³-hybridized carbons (Fsp3) is 0.158. The molecule has 0 N–H and O–H groups in total. The Morgan fingerprint density at radius 1 is 1.16 bits per heavy atom. The molecule has 0 saturated heterocycles. The summed E-state index contributed by atoms with van der Waals surface area (Å²) < 4.78 is 28.5. The molecule has 0 unspecified atom stereocenters. The van der Waals surface area contributed by atoms with Crippen molar-refractivity contribution >= 4 is 5.97 Å². The van der Waals surface area contributed by atoms with Crippen molar-refractivity contribution in [3.63, 3.8) is 0 Å². The third kappa shape index (κ3) is 4.44. The lowest BCUT2D eigenvalue weighted by molar-refractivity contribution is -0.144. The summed E-state index contributed by atoms with van der Waals surface area (Å²) in [5.74, 6) is 0.329. The molecule has 3 rings (SSSR count). The van der Waals surface area contributed by atoms with Crippen molar-refractivity contribution in [2.24, 2.45) is 0 Å². The van der Waals surface area contributed by atoms with E-state index in [0.29, 0.717) is 17.0 Å². The summed E-state index contributed by atoms with van der Waals surface area (Å²) in [6.07, 6.45) is -0.00274. The Bertz CT molecular complexity index is 858. The Balaban J connectivity index is 1.56. The first kappa shape index (κ1) is 16.7. The van der Waals surface area contributed by atoms with Gasteiger partial charge in [0.2, 0.25) is 0 Å². The first-order valence-electron chi connectivity index (χ1n) is 7.64. The number of hydrogen-bond acceptors (Lipinski definition) is 5. The van der Waals surface area contributed by atoms with E-state index in [0.717, 1.165) is 11.3 Å². The van der Waals surface area contributed by atoms with Gasteiger partial charge in [-0.1, -0.05) is 17.3 Å². The molecule has 0 aliphatic rings. The van der Waals surface area contributed by atoms with Crippen LogP contribution in [-0.2, 0) is 22.6 Å². The third-order valence-corrected chi connectivity index (χ3v) is 3.56. The molecule has 0 aliphatic carbocycles. The van der Waals surface area contributed by atoms with Gasteiger partial charge in [0.15, 0.2) is 12.4 Å². The summed E-state index contributed by atoms with van der Waals surface area (Å²) in [4.78, 5) is 11.8. The Morgan fingerprint density at radius 3 is 2.68 bits per heavy atom. The molecule has 0 bridgehead atoms. The molecule has 5 nitrogen and oxygen atoms in total. The Kier molecular flexibility index (Phi) is 5.09.